The second kappa shape index (κ2) is 10.8. The third-order valence-corrected chi connectivity index (χ3v) is 6.16. The number of rotatable bonds is 7. The number of hydrogen-bond acceptors (Lipinski definition) is 4. The fraction of sp³-hybridized carbons (Fsp3) is 0.522. The topological polar surface area (TPSA) is 62.0 Å². The number of nitrogens with one attached hydrogen (secondary N) is 2. The Bertz CT molecular complexity index is 878. The lowest BCUT2D eigenvalue weighted by atomic mass is 9.95. The van der Waals surface area contributed by atoms with Gasteiger partial charge in [-0.05, 0) is 43.5 Å². The van der Waals surface area contributed by atoms with E-state index in [1.54, 1.807) is 19.2 Å². The third-order valence-electron chi connectivity index (χ3n) is 6.16. The highest BCUT2D eigenvalue weighted by Crippen LogP contribution is 2.48. The Balaban J connectivity index is 0.00000272. The molecule has 8 heteroatoms. The van der Waals surface area contributed by atoms with E-state index in [1.807, 2.05) is 31.2 Å². The molecule has 2 fully saturated rings. The van der Waals surface area contributed by atoms with Crippen molar-refractivity contribution in [2.45, 2.75) is 31.2 Å². The predicted molar refractivity (Wildman–Crippen MR) is 131 cm³/mol. The largest absolute Gasteiger partial charge is 0.465 e. The Labute approximate surface area is 200 Å². The van der Waals surface area contributed by atoms with Crippen molar-refractivity contribution in [3.05, 3.63) is 59.3 Å². The number of aliphatic imine (C=N–C) groups is 1. The molecule has 2 aromatic rings. The van der Waals surface area contributed by atoms with Gasteiger partial charge in [0.05, 0.1) is 19.3 Å². The summed E-state index contributed by atoms with van der Waals surface area (Å²) in [6, 6.07) is 11.2. The monoisotopic (exact) mass is 542 g/mol. The summed E-state index contributed by atoms with van der Waals surface area (Å²) in [6.45, 7) is 6.49. The highest BCUT2D eigenvalue weighted by molar-refractivity contribution is 14.0. The molecule has 2 aliphatic rings. The van der Waals surface area contributed by atoms with Crippen LogP contribution in [0.15, 0.2) is 45.8 Å². The molecule has 0 spiro atoms. The van der Waals surface area contributed by atoms with Crippen molar-refractivity contribution in [1.29, 1.82) is 0 Å². The number of aryl methyl sites for hydroxylation is 1. The summed E-state index contributed by atoms with van der Waals surface area (Å²) in [4.78, 5) is 6.76. The number of guanidine groups is 1. The zero-order valence-corrected chi connectivity index (χ0v) is 20.5. The molecule has 170 valence electrons. The zero-order chi connectivity index (χ0) is 21.0. The molecular formula is C23H32FIN4O2. The predicted octanol–water partition coefficient (Wildman–Crippen LogP) is 3.62. The minimum Gasteiger partial charge on any atom is -0.465 e. The van der Waals surface area contributed by atoms with Gasteiger partial charge in [0.2, 0.25) is 0 Å². The van der Waals surface area contributed by atoms with Crippen molar-refractivity contribution in [3.8, 4) is 0 Å². The lowest BCUT2D eigenvalue weighted by Gasteiger charge is -2.33. The lowest BCUT2D eigenvalue weighted by molar-refractivity contribution is 0.0124. The molecule has 1 atom stereocenters. The number of hydrogen-bond donors (Lipinski definition) is 2. The molecule has 1 unspecified atom stereocenters. The molecule has 2 N–H and O–H groups in total. The van der Waals surface area contributed by atoms with Gasteiger partial charge in [-0.3, -0.25) is 9.89 Å². The van der Waals surface area contributed by atoms with E-state index >= 15 is 0 Å². The van der Waals surface area contributed by atoms with E-state index in [0.717, 1.165) is 62.2 Å². The maximum atomic E-state index is 14.3. The van der Waals surface area contributed by atoms with Crippen LogP contribution in [0, 0.1) is 12.7 Å². The minimum atomic E-state index is -0.134. The molecule has 1 saturated heterocycles. The molecule has 1 aromatic heterocycles. The van der Waals surface area contributed by atoms with Crippen molar-refractivity contribution in [2.24, 2.45) is 4.99 Å². The first-order chi connectivity index (χ1) is 14.6. The normalized spacial score (nSPS) is 19.4. The second-order valence-electron chi connectivity index (χ2n) is 8.18. The average molecular weight is 542 g/mol. The van der Waals surface area contributed by atoms with Crippen molar-refractivity contribution in [1.82, 2.24) is 15.5 Å². The molecule has 1 saturated carbocycles. The van der Waals surface area contributed by atoms with Crippen LogP contribution in [-0.4, -0.2) is 57.3 Å². The van der Waals surface area contributed by atoms with Gasteiger partial charge in [0.15, 0.2) is 5.96 Å². The first-order valence-corrected chi connectivity index (χ1v) is 10.7. The summed E-state index contributed by atoms with van der Waals surface area (Å²) in [6.07, 6.45) is 1.97. The number of ether oxygens (including phenoxy) is 1. The molecule has 1 aromatic carbocycles. The van der Waals surface area contributed by atoms with Crippen molar-refractivity contribution in [3.63, 3.8) is 0 Å². The lowest BCUT2D eigenvalue weighted by Crippen LogP contribution is -2.47. The minimum absolute atomic E-state index is 0. The number of nitrogens with zero attached hydrogens (tertiary/aromatic N) is 2. The molecule has 31 heavy (non-hydrogen) atoms. The second-order valence-corrected chi connectivity index (χ2v) is 8.18. The maximum Gasteiger partial charge on any atom is 0.191 e. The van der Waals surface area contributed by atoms with Crippen LogP contribution in [0.2, 0.25) is 0 Å². The Morgan fingerprint density at radius 1 is 1.16 bits per heavy atom. The summed E-state index contributed by atoms with van der Waals surface area (Å²) in [5.41, 5.74) is 0.662. The van der Waals surface area contributed by atoms with E-state index in [2.05, 4.69) is 20.5 Å². The van der Waals surface area contributed by atoms with Crippen LogP contribution in [0.4, 0.5) is 4.39 Å². The summed E-state index contributed by atoms with van der Waals surface area (Å²) in [5, 5.41) is 6.85. The molecule has 6 nitrogen and oxygen atoms in total. The van der Waals surface area contributed by atoms with E-state index in [0.29, 0.717) is 13.1 Å². The van der Waals surface area contributed by atoms with E-state index in [-0.39, 0.29) is 41.3 Å². The summed E-state index contributed by atoms with van der Waals surface area (Å²) >= 11 is 0. The van der Waals surface area contributed by atoms with Gasteiger partial charge < -0.3 is 19.8 Å². The first-order valence-electron chi connectivity index (χ1n) is 10.7. The summed E-state index contributed by atoms with van der Waals surface area (Å²) in [7, 11) is 1.76. The summed E-state index contributed by atoms with van der Waals surface area (Å²) in [5.74, 6) is 2.45. The number of halogens is 2. The standard InChI is InChI=1S/C23H31FN4O2.HI/c1-17-7-8-21(30-17)20(28-11-13-29-14-12-28)15-26-22(25-2)27-16-23(9-10-23)18-5-3-4-6-19(18)24;/h3-8,20H,9-16H2,1-2H3,(H2,25,26,27);1H. The van der Waals surface area contributed by atoms with Gasteiger partial charge in [-0.15, -0.1) is 24.0 Å². The van der Waals surface area contributed by atoms with Crippen molar-refractivity contribution in [2.75, 3.05) is 46.4 Å². The SMILES string of the molecule is CN=C(NCC(c1ccc(C)o1)N1CCOCC1)NCC1(c2ccccc2F)CC1.I. The Hall–Kier alpha value is -1.65. The maximum absolute atomic E-state index is 14.3. The van der Waals surface area contributed by atoms with Gasteiger partial charge in [0.1, 0.15) is 17.3 Å². The van der Waals surface area contributed by atoms with Gasteiger partial charge in [-0.25, -0.2) is 4.39 Å². The molecule has 0 radical (unpaired) electrons. The number of morpholine rings is 1. The molecule has 1 aliphatic carbocycles. The van der Waals surface area contributed by atoms with Crippen molar-refractivity contribution >= 4 is 29.9 Å². The molecule has 2 heterocycles. The highest BCUT2D eigenvalue weighted by Gasteiger charge is 2.45. The van der Waals surface area contributed by atoms with E-state index in [9.17, 15) is 4.39 Å². The number of benzene rings is 1. The van der Waals surface area contributed by atoms with Crippen LogP contribution in [0.25, 0.3) is 0 Å². The molecule has 0 amide bonds. The van der Waals surface area contributed by atoms with E-state index in [4.69, 9.17) is 9.15 Å². The fourth-order valence-electron chi connectivity index (χ4n) is 4.18. The van der Waals surface area contributed by atoms with E-state index in [1.165, 1.54) is 0 Å². The van der Waals surface area contributed by atoms with Gasteiger partial charge in [-0.2, -0.15) is 0 Å². The van der Waals surface area contributed by atoms with Crippen LogP contribution in [0.3, 0.4) is 0 Å². The van der Waals surface area contributed by atoms with Crippen LogP contribution < -0.4 is 10.6 Å². The molecule has 1 aliphatic heterocycles. The Morgan fingerprint density at radius 2 is 1.90 bits per heavy atom. The van der Waals surface area contributed by atoms with Gasteiger partial charge in [-0.1, -0.05) is 18.2 Å². The summed E-state index contributed by atoms with van der Waals surface area (Å²) < 4.78 is 25.7. The van der Waals surface area contributed by atoms with Gasteiger partial charge in [0, 0.05) is 38.6 Å². The molecule has 0 bridgehead atoms. The van der Waals surface area contributed by atoms with Crippen molar-refractivity contribution < 1.29 is 13.5 Å². The van der Waals surface area contributed by atoms with Gasteiger partial charge >= 0.3 is 0 Å². The smallest absolute Gasteiger partial charge is 0.191 e. The third kappa shape index (κ3) is 5.78. The highest BCUT2D eigenvalue weighted by atomic mass is 127. The van der Waals surface area contributed by atoms with Crippen LogP contribution >= 0.6 is 24.0 Å². The zero-order valence-electron chi connectivity index (χ0n) is 18.2. The first kappa shape index (κ1) is 24.0. The van der Waals surface area contributed by atoms with Gasteiger partial charge in [0.25, 0.3) is 0 Å². The average Bonchev–Trinajstić information content (AvgIpc) is 3.44. The quantitative estimate of drug-likeness (QED) is 0.318. The molecule has 4 rings (SSSR count). The fourth-order valence-corrected chi connectivity index (χ4v) is 4.18. The Morgan fingerprint density at radius 3 is 2.52 bits per heavy atom. The molecular weight excluding hydrogens is 510 g/mol. The van der Waals surface area contributed by atoms with E-state index < -0.39 is 0 Å². The van der Waals surface area contributed by atoms with Crippen LogP contribution in [0.1, 0.15) is 36.0 Å². The Kier molecular flexibility index (Phi) is 8.35. The van der Waals surface area contributed by atoms with Crippen LogP contribution in [0.5, 0.6) is 0 Å². The number of furan rings is 1. The van der Waals surface area contributed by atoms with Crippen LogP contribution in [-0.2, 0) is 10.2 Å².